The second kappa shape index (κ2) is 6.27. The predicted octanol–water partition coefficient (Wildman–Crippen LogP) is 2.74. The van der Waals surface area contributed by atoms with Gasteiger partial charge in [-0.15, -0.1) is 0 Å². The molecule has 4 nitrogen and oxygen atoms in total. The molecular weight excluding hydrogens is 242 g/mol. The largest absolute Gasteiger partial charge is 0.497 e. The van der Waals surface area contributed by atoms with Crippen LogP contribution in [-0.4, -0.2) is 26.2 Å². The van der Waals surface area contributed by atoms with E-state index in [2.05, 4.69) is 4.90 Å². The monoisotopic (exact) mass is 261 g/mol. The highest BCUT2D eigenvalue weighted by atomic mass is 16.5. The summed E-state index contributed by atoms with van der Waals surface area (Å²) in [6.07, 6.45) is 3.56. The molecule has 1 aliphatic rings. The first-order chi connectivity index (χ1) is 9.24. The lowest BCUT2D eigenvalue weighted by atomic mass is 10.2. The number of ether oxygens (including phenoxy) is 2. The molecule has 1 aromatic carbocycles. The third-order valence-corrected chi connectivity index (χ3v) is 3.12. The number of nitrogens with zero attached hydrogens (tertiary/aromatic N) is 1. The van der Waals surface area contributed by atoms with E-state index < -0.39 is 0 Å². The summed E-state index contributed by atoms with van der Waals surface area (Å²) < 4.78 is 10.1. The molecule has 0 radical (unpaired) electrons. The fraction of sp³-hybridized carbons (Fsp3) is 0.400. The van der Waals surface area contributed by atoms with Crippen LogP contribution in [-0.2, 0) is 9.53 Å². The zero-order valence-electron chi connectivity index (χ0n) is 11.4. The highest BCUT2D eigenvalue weighted by Crippen LogP contribution is 2.29. The Morgan fingerprint density at radius 2 is 2.11 bits per heavy atom. The van der Waals surface area contributed by atoms with E-state index in [9.17, 15) is 4.79 Å². The molecule has 0 bridgehead atoms. The SMILES string of the molecule is CCOC(=O)C=C1CCCN1c1ccc(OC)cc1. The lowest BCUT2D eigenvalue weighted by Gasteiger charge is -2.20. The first kappa shape index (κ1) is 13.5. The first-order valence-corrected chi connectivity index (χ1v) is 6.53. The van der Waals surface area contributed by atoms with Gasteiger partial charge in [-0.05, 0) is 44.0 Å². The summed E-state index contributed by atoms with van der Waals surface area (Å²) in [5, 5.41) is 0. The summed E-state index contributed by atoms with van der Waals surface area (Å²) >= 11 is 0. The molecule has 2 rings (SSSR count). The molecule has 0 unspecified atom stereocenters. The van der Waals surface area contributed by atoms with E-state index in [1.165, 1.54) is 0 Å². The zero-order valence-corrected chi connectivity index (χ0v) is 11.4. The molecule has 1 aliphatic heterocycles. The van der Waals surface area contributed by atoms with Gasteiger partial charge < -0.3 is 14.4 Å². The number of methoxy groups -OCH3 is 1. The van der Waals surface area contributed by atoms with Crippen LogP contribution in [0.5, 0.6) is 5.75 Å². The number of hydrogen-bond donors (Lipinski definition) is 0. The normalized spacial score (nSPS) is 16.7. The average Bonchev–Trinajstić information content (AvgIpc) is 2.87. The topological polar surface area (TPSA) is 38.8 Å². The quantitative estimate of drug-likeness (QED) is 0.617. The molecule has 1 saturated heterocycles. The van der Waals surface area contributed by atoms with Gasteiger partial charge in [0.05, 0.1) is 13.7 Å². The first-order valence-electron chi connectivity index (χ1n) is 6.53. The number of carbonyl (C=O) groups excluding carboxylic acids is 1. The average molecular weight is 261 g/mol. The van der Waals surface area contributed by atoms with Crippen molar-refractivity contribution in [2.45, 2.75) is 19.8 Å². The fourth-order valence-corrected chi connectivity index (χ4v) is 2.22. The van der Waals surface area contributed by atoms with Crippen LogP contribution < -0.4 is 9.64 Å². The fourth-order valence-electron chi connectivity index (χ4n) is 2.22. The number of rotatable bonds is 4. The van der Waals surface area contributed by atoms with E-state index in [1.807, 2.05) is 31.2 Å². The molecule has 0 aliphatic carbocycles. The number of anilines is 1. The third kappa shape index (κ3) is 3.28. The zero-order chi connectivity index (χ0) is 13.7. The van der Waals surface area contributed by atoms with E-state index in [0.717, 1.165) is 36.5 Å². The maximum absolute atomic E-state index is 11.5. The second-order valence-electron chi connectivity index (χ2n) is 4.34. The van der Waals surface area contributed by atoms with Gasteiger partial charge in [0.25, 0.3) is 0 Å². The summed E-state index contributed by atoms with van der Waals surface area (Å²) in [6, 6.07) is 7.86. The van der Waals surface area contributed by atoms with Gasteiger partial charge in [0, 0.05) is 24.0 Å². The molecule has 4 heteroatoms. The van der Waals surface area contributed by atoms with E-state index in [-0.39, 0.29) is 5.97 Å². The van der Waals surface area contributed by atoms with Crippen LogP contribution >= 0.6 is 0 Å². The van der Waals surface area contributed by atoms with Crippen molar-refractivity contribution in [3.63, 3.8) is 0 Å². The van der Waals surface area contributed by atoms with Crippen LogP contribution in [0.4, 0.5) is 5.69 Å². The van der Waals surface area contributed by atoms with Crippen molar-refractivity contribution in [1.82, 2.24) is 0 Å². The Hall–Kier alpha value is -1.97. The molecule has 1 aromatic rings. The van der Waals surface area contributed by atoms with Crippen molar-refractivity contribution in [1.29, 1.82) is 0 Å². The summed E-state index contributed by atoms with van der Waals surface area (Å²) in [6.45, 7) is 3.15. The number of carbonyl (C=O) groups is 1. The lowest BCUT2D eigenvalue weighted by Crippen LogP contribution is -2.17. The van der Waals surface area contributed by atoms with Gasteiger partial charge >= 0.3 is 5.97 Å². The van der Waals surface area contributed by atoms with E-state index in [0.29, 0.717) is 6.61 Å². The summed E-state index contributed by atoms with van der Waals surface area (Å²) in [5.41, 5.74) is 2.09. The van der Waals surface area contributed by atoms with Crippen LogP contribution in [0.3, 0.4) is 0 Å². The molecule has 0 amide bonds. The number of hydrogen-bond acceptors (Lipinski definition) is 4. The Balaban J connectivity index is 2.15. The Bertz CT molecular complexity index is 465. The smallest absolute Gasteiger partial charge is 0.332 e. The molecular formula is C15H19NO3. The van der Waals surface area contributed by atoms with Crippen LogP contribution in [0, 0.1) is 0 Å². The Morgan fingerprint density at radius 3 is 2.74 bits per heavy atom. The number of esters is 1. The standard InChI is InChI=1S/C15H19NO3/c1-3-19-15(17)11-13-5-4-10-16(13)12-6-8-14(18-2)9-7-12/h6-9,11H,3-5,10H2,1-2H3. The van der Waals surface area contributed by atoms with Crippen molar-refractivity contribution < 1.29 is 14.3 Å². The van der Waals surface area contributed by atoms with E-state index >= 15 is 0 Å². The van der Waals surface area contributed by atoms with E-state index in [1.54, 1.807) is 13.2 Å². The van der Waals surface area contributed by atoms with Gasteiger partial charge in [-0.1, -0.05) is 0 Å². The van der Waals surface area contributed by atoms with Crippen LogP contribution in [0.2, 0.25) is 0 Å². The van der Waals surface area contributed by atoms with E-state index in [4.69, 9.17) is 9.47 Å². The Labute approximate surface area is 113 Å². The molecule has 102 valence electrons. The van der Waals surface area contributed by atoms with Gasteiger partial charge in [-0.3, -0.25) is 0 Å². The Kier molecular flexibility index (Phi) is 4.44. The molecule has 19 heavy (non-hydrogen) atoms. The van der Waals surface area contributed by atoms with Crippen molar-refractivity contribution in [3.8, 4) is 5.75 Å². The second-order valence-corrected chi connectivity index (χ2v) is 4.34. The minimum Gasteiger partial charge on any atom is -0.497 e. The third-order valence-electron chi connectivity index (χ3n) is 3.12. The minimum absolute atomic E-state index is 0.266. The predicted molar refractivity (Wildman–Crippen MR) is 74.3 cm³/mol. The minimum atomic E-state index is -0.266. The highest BCUT2D eigenvalue weighted by Gasteiger charge is 2.19. The van der Waals surface area contributed by atoms with Crippen LogP contribution in [0.1, 0.15) is 19.8 Å². The number of benzene rings is 1. The van der Waals surface area contributed by atoms with Crippen molar-refractivity contribution >= 4 is 11.7 Å². The van der Waals surface area contributed by atoms with Crippen molar-refractivity contribution in [2.75, 3.05) is 25.2 Å². The lowest BCUT2D eigenvalue weighted by molar-refractivity contribution is -0.137. The number of allylic oxidation sites excluding steroid dienone is 1. The molecule has 1 heterocycles. The van der Waals surface area contributed by atoms with Gasteiger partial charge in [-0.25, -0.2) is 4.79 Å². The van der Waals surface area contributed by atoms with Crippen molar-refractivity contribution in [2.24, 2.45) is 0 Å². The van der Waals surface area contributed by atoms with Gasteiger partial charge in [0.15, 0.2) is 0 Å². The van der Waals surface area contributed by atoms with Gasteiger partial charge in [0.2, 0.25) is 0 Å². The summed E-state index contributed by atoms with van der Waals surface area (Å²) in [7, 11) is 1.65. The maximum Gasteiger partial charge on any atom is 0.332 e. The summed E-state index contributed by atoms with van der Waals surface area (Å²) in [4.78, 5) is 13.7. The van der Waals surface area contributed by atoms with Crippen LogP contribution in [0.15, 0.2) is 36.0 Å². The highest BCUT2D eigenvalue weighted by molar-refractivity contribution is 5.84. The molecule has 0 aromatic heterocycles. The molecule has 0 saturated carbocycles. The summed E-state index contributed by atoms with van der Waals surface area (Å²) in [5.74, 6) is 0.566. The van der Waals surface area contributed by atoms with Gasteiger partial charge in [0.1, 0.15) is 5.75 Å². The maximum atomic E-state index is 11.5. The molecule has 0 N–H and O–H groups in total. The Morgan fingerprint density at radius 1 is 1.37 bits per heavy atom. The van der Waals surface area contributed by atoms with Crippen molar-refractivity contribution in [3.05, 3.63) is 36.0 Å². The molecule has 0 atom stereocenters. The van der Waals surface area contributed by atoms with Crippen LogP contribution in [0.25, 0.3) is 0 Å². The molecule has 0 spiro atoms. The van der Waals surface area contributed by atoms with Gasteiger partial charge in [-0.2, -0.15) is 0 Å². The molecule has 1 fully saturated rings.